The third kappa shape index (κ3) is 3.59. The van der Waals surface area contributed by atoms with E-state index in [0.717, 1.165) is 11.1 Å². The van der Waals surface area contributed by atoms with E-state index in [-0.39, 0.29) is 6.04 Å². The molecule has 0 fully saturated rings. The van der Waals surface area contributed by atoms with E-state index >= 15 is 0 Å². The summed E-state index contributed by atoms with van der Waals surface area (Å²) in [6.45, 7) is 0. The van der Waals surface area contributed by atoms with Crippen LogP contribution in [0.4, 0.5) is 0 Å². The quantitative estimate of drug-likeness (QED) is 0.598. The summed E-state index contributed by atoms with van der Waals surface area (Å²) in [7, 11) is 0. The van der Waals surface area contributed by atoms with E-state index in [1.54, 1.807) is 30.3 Å². The van der Waals surface area contributed by atoms with Gasteiger partial charge in [-0.1, -0.05) is 58.5 Å². The number of halogens is 4. The summed E-state index contributed by atoms with van der Waals surface area (Å²) < 4.78 is 0. The number of hydrogen-bond donors (Lipinski definition) is 2. The first-order valence-corrected chi connectivity index (χ1v) is 7.38. The standard InChI is InChI=1S/C14H12Cl4N2/c15-9-5-4-8(12(18)7-9)6-13(20-19)14-10(16)2-1-3-11(14)17/h1-5,7,13,20H,6,19H2. The molecule has 106 valence electrons. The van der Waals surface area contributed by atoms with Crippen LogP contribution in [-0.2, 0) is 6.42 Å². The molecule has 0 bridgehead atoms. The molecule has 1 unspecified atom stereocenters. The molecule has 6 heteroatoms. The molecule has 2 nitrogen and oxygen atoms in total. The Morgan fingerprint density at radius 3 is 2.15 bits per heavy atom. The molecule has 0 spiro atoms. The third-order valence-corrected chi connectivity index (χ3v) is 4.23. The summed E-state index contributed by atoms with van der Waals surface area (Å²) in [5.41, 5.74) is 4.40. The Labute approximate surface area is 137 Å². The van der Waals surface area contributed by atoms with E-state index in [2.05, 4.69) is 5.43 Å². The summed E-state index contributed by atoms with van der Waals surface area (Å²) in [4.78, 5) is 0. The van der Waals surface area contributed by atoms with Gasteiger partial charge in [-0.05, 0) is 36.2 Å². The smallest absolute Gasteiger partial charge is 0.0530 e. The summed E-state index contributed by atoms with van der Waals surface area (Å²) >= 11 is 24.5. The fourth-order valence-corrected chi connectivity index (χ4v) is 3.14. The molecular formula is C14H12Cl4N2. The zero-order chi connectivity index (χ0) is 14.7. The molecule has 0 aromatic heterocycles. The second kappa shape index (κ2) is 6.99. The highest BCUT2D eigenvalue weighted by Crippen LogP contribution is 2.33. The molecule has 0 radical (unpaired) electrons. The minimum Gasteiger partial charge on any atom is -0.271 e. The van der Waals surface area contributed by atoms with Gasteiger partial charge in [-0.15, -0.1) is 0 Å². The van der Waals surface area contributed by atoms with Gasteiger partial charge in [-0.2, -0.15) is 0 Å². The number of rotatable bonds is 4. The Balaban J connectivity index is 2.34. The van der Waals surface area contributed by atoms with Crippen molar-refractivity contribution >= 4 is 46.4 Å². The predicted molar refractivity (Wildman–Crippen MR) is 86.7 cm³/mol. The van der Waals surface area contributed by atoms with Crippen molar-refractivity contribution in [2.75, 3.05) is 0 Å². The zero-order valence-corrected chi connectivity index (χ0v) is 13.4. The van der Waals surface area contributed by atoms with Crippen LogP contribution in [0.5, 0.6) is 0 Å². The van der Waals surface area contributed by atoms with Gasteiger partial charge in [0.1, 0.15) is 0 Å². The number of benzene rings is 2. The van der Waals surface area contributed by atoms with Crippen LogP contribution in [0.15, 0.2) is 36.4 Å². The van der Waals surface area contributed by atoms with Crippen molar-refractivity contribution in [3.8, 4) is 0 Å². The number of nitrogens with one attached hydrogen (secondary N) is 1. The molecule has 2 aromatic carbocycles. The Morgan fingerprint density at radius 2 is 1.60 bits per heavy atom. The lowest BCUT2D eigenvalue weighted by Gasteiger charge is -2.19. The maximum absolute atomic E-state index is 6.20. The van der Waals surface area contributed by atoms with Gasteiger partial charge in [0, 0.05) is 25.7 Å². The molecule has 20 heavy (non-hydrogen) atoms. The van der Waals surface area contributed by atoms with E-state index in [1.807, 2.05) is 6.07 Å². The average Bonchev–Trinajstić information content (AvgIpc) is 2.39. The normalized spacial score (nSPS) is 12.4. The van der Waals surface area contributed by atoms with Crippen molar-refractivity contribution in [3.63, 3.8) is 0 Å². The first kappa shape index (κ1) is 15.9. The minimum absolute atomic E-state index is 0.241. The van der Waals surface area contributed by atoms with Crippen LogP contribution in [-0.4, -0.2) is 0 Å². The fourth-order valence-electron chi connectivity index (χ4n) is 2.00. The fraction of sp³-hybridized carbons (Fsp3) is 0.143. The average molecular weight is 350 g/mol. The zero-order valence-electron chi connectivity index (χ0n) is 10.3. The molecule has 1 atom stereocenters. The Bertz CT molecular complexity index is 596. The summed E-state index contributed by atoms with van der Waals surface area (Å²) in [5.74, 6) is 5.63. The monoisotopic (exact) mass is 348 g/mol. The summed E-state index contributed by atoms with van der Waals surface area (Å²) in [5, 5.41) is 2.30. The molecule has 0 aliphatic carbocycles. The number of hydrogen-bond acceptors (Lipinski definition) is 2. The third-order valence-electron chi connectivity index (χ3n) is 2.99. The maximum atomic E-state index is 6.20. The molecule has 0 aliphatic heterocycles. The lowest BCUT2D eigenvalue weighted by atomic mass is 9.99. The van der Waals surface area contributed by atoms with Crippen LogP contribution in [0.1, 0.15) is 17.2 Å². The second-order valence-electron chi connectivity index (χ2n) is 4.29. The van der Waals surface area contributed by atoms with Crippen LogP contribution in [0.3, 0.4) is 0 Å². The topological polar surface area (TPSA) is 38.0 Å². The van der Waals surface area contributed by atoms with Gasteiger partial charge in [0.15, 0.2) is 0 Å². The van der Waals surface area contributed by atoms with Crippen molar-refractivity contribution in [3.05, 3.63) is 67.6 Å². The van der Waals surface area contributed by atoms with Gasteiger partial charge in [-0.25, -0.2) is 0 Å². The van der Waals surface area contributed by atoms with Crippen LogP contribution in [0.25, 0.3) is 0 Å². The highest BCUT2D eigenvalue weighted by Gasteiger charge is 2.18. The Hall–Kier alpha value is -0.480. The Morgan fingerprint density at radius 1 is 0.950 bits per heavy atom. The molecule has 0 aliphatic rings. The maximum Gasteiger partial charge on any atom is 0.0530 e. The molecule has 2 rings (SSSR count). The van der Waals surface area contributed by atoms with Gasteiger partial charge in [-0.3, -0.25) is 11.3 Å². The van der Waals surface area contributed by atoms with Crippen molar-refractivity contribution in [1.82, 2.24) is 5.43 Å². The lowest BCUT2D eigenvalue weighted by molar-refractivity contribution is 0.552. The van der Waals surface area contributed by atoms with E-state index < -0.39 is 0 Å². The largest absolute Gasteiger partial charge is 0.271 e. The van der Waals surface area contributed by atoms with E-state index in [0.29, 0.717) is 26.5 Å². The van der Waals surface area contributed by atoms with Crippen molar-refractivity contribution < 1.29 is 0 Å². The van der Waals surface area contributed by atoms with Gasteiger partial charge in [0.2, 0.25) is 0 Å². The van der Waals surface area contributed by atoms with Crippen LogP contribution in [0, 0.1) is 0 Å². The molecule has 2 aromatic rings. The number of hydrazine groups is 1. The molecule has 3 N–H and O–H groups in total. The minimum atomic E-state index is -0.241. The molecule has 0 heterocycles. The van der Waals surface area contributed by atoms with Gasteiger partial charge in [0.25, 0.3) is 0 Å². The summed E-state index contributed by atoms with van der Waals surface area (Å²) in [6.07, 6.45) is 0.552. The van der Waals surface area contributed by atoms with E-state index in [1.165, 1.54) is 0 Å². The van der Waals surface area contributed by atoms with Crippen LogP contribution in [0.2, 0.25) is 20.1 Å². The summed E-state index contributed by atoms with van der Waals surface area (Å²) in [6, 6.07) is 10.4. The highest BCUT2D eigenvalue weighted by molar-refractivity contribution is 6.36. The van der Waals surface area contributed by atoms with Crippen molar-refractivity contribution in [1.29, 1.82) is 0 Å². The first-order valence-electron chi connectivity index (χ1n) is 5.87. The van der Waals surface area contributed by atoms with Gasteiger partial charge < -0.3 is 0 Å². The van der Waals surface area contributed by atoms with Crippen LogP contribution < -0.4 is 11.3 Å². The Kier molecular flexibility index (Phi) is 5.56. The first-order chi connectivity index (χ1) is 9.52. The van der Waals surface area contributed by atoms with Gasteiger partial charge >= 0.3 is 0 Å². The van der Waals surface area contributed by atoms with Crippen molar-refractivity contribution in [2.45, 2.75) is 12.5 Å². The molecule has 0 saturated carbocycles. The van der Waals surface area contributed by atoms with E-state index in [4.69, 9.17) is 52.2 Å². The predicted octanol–water partition coefficient (Wildman–Crippen LogP) is 5.05. The molecular weight excluding hydrogens is 338 g/mol. The number of nitrogens with two attached hydrogens (primary N) is 1. The van der Waals surface area contributed by atoms with Gasteiger partial charge in [0.05, 0.1) is 6.04 Å². The molecule has 0 saturated heterocycles. The second-order valence-corrected chi connectivity index (χ2v) is 5.95. The lowest BCUT2D eigenvalue weighted by Crippen LogP contribution is -2.30. The molecule has 0 amide bonds. The SMILES string of the molecule is NNC(Cc1ccc(Cl)cc1Cl)c1c(Cl)cccc1Cl. The van der Waals surface area contributed by atoms with Crippen molar-refractivity contribution in [2.24, 2.45) is 5.84 Å². The van der Waals surface area contributed by atoms with Crippen LogP contribution >= 0.6 is 46.4 Å². The van der Waals surface area contributed by atoms with E-state index in [9.17, 15) is 0 Å². The highest BCUT2D eigenvalue weighted by atomic mass is 35.5.